The van der Waals surface area contributed by atoms with Gasteiger partial charge in [-0.25, -0.2) is 4.90 Å². The number of nitrogens with one attached hydrogen (secondary N) is 1. The molecule has 1 aliphatic heterocycles. The Hall–Kier alpha value is -2.70. The molecule has 0 aromatic heterocycles. The molecule has 2 atom stereocenters. The van der Waals surface area contributed by atoms with E-state index in [1.807, 2.05) is 0 Å². The van der Waals surface area contributed by atoms with E-state index in [9.17, 15) is 14.4 Å². The van der Waals surface area contributed by atoms with Crippen LogP contribution in [0.1, 0.15) is 40.0 Å². The third kappa shape index (κ3) is 3.46. The van der Waals surface area contributed by atoms with Crippen molar-refractivity contribution in [3.63, 3.8) is 0 Å². The minimum absolute atomic E-state index is 0. The van der Waals surface area contributed by atoms with E-state index in [1.54, 1.807) is 48.5 Å². The minimum Gasteiger partial charge on any atom is -0.328 e. The molecule has 140 valence electrons. The number of carbonyl (C=O) groups is 3. The fourth-order valence-corrected chi connectivity index (χ4v) is 3.65. The van der Waals surface area contributed by atoms with Crippen LogP contribution in [0.4, 0.5) is 11.4 Å². The van der Waals surface area contributed by atoms with Gasteiger partial charge in [-0.1, -0.05) is 18.2 Å². The molecule has 4 rings (SSSR count). The van der Waals surface area contributed by atoms with Crippen LogP contribution in [0.3, 0.4) is 0 Å². The predicted octanol–water partition coefficient (Wildman–Crippen LogP) is 2.97. The van der Waals surface area contributed by atoms with E-state index in [0.717, 1.165) is 17.7 Å². The van der Waals surface area contributed by atoms with Crippen molar-refractivity contribution in [2.75, 3.05) is 10.2 Å². The Labute approximate surface area is 163 Å². The lowest BCUT2D eigenvalue weighted by atomic mass is 10.1. The molecular formula is C20H20ClN3O3. The van der Waals surface area contributed by atoms with Gasteiger partial charge in [-0.3, -0.25) is 14.4 Å². The Morgan fingerprint density at radius 2 is 1.67 bits per heavy atom. The Bertz CT molecular complexity index is 880. The Morgan fingerprint density at radius 1 is 1.00 bits per heavy atom. The second-order valence-corrected chi connectivity index (χ2v) is 6.80. The van der Waals surface area contributed by atoms with Crippen LogP contribution in [0, 0.1) is 5.92 Å². The Kier molecular flexibility index (Phi) is 5.30. The second kappa shape index (κ2) is 7.50. The van der Waals surface area contributed by atoms with E-state index in [-0.39, 0.29) is 42.1 Å². The van der Waals surface area contributed by atoms with Gasteiger partial charge < -0.3 is 11.1 Å². The molecule has 1 heterocycles. The molecule has 2 unspecified atom stereocenters. The van der Waals surface area contributed by atoms with E-state index in [4.69, 9.17) is 5.73 Å². The number of nitrogens with two attached hydrogens (primary N) is 1. The number of hydrogen-bond acceptors (Lipinski definition) is 4. The molecule has 0 saturated heterocycles. The maximum Gasteiger partial charge on any atom is 0.266 e. The lowest BCUT2D eigenvalue weighted by Gasteiger charge is -2.16. The predicted molar refractivity (Wildman–Crippen MR) is 105 cm³/mol. The van der Waals surface area contributed by atoms with E-state index < -0.39 is 0 Å². The molecule has 1 saturated carbocycles. The molecule has 2 aromatic rings. The topological polar surface area (TPSA) is 92.5 Å². The quantitative estimate of drug-likeness (QED) is 0.794. The van der Waals surface area contributed by atoms with Crippen LogP contribution in [0.15, 0.2) is 48.5 Å². The number of carbonyl (C=O) groups excluding carboxylic acids is 3. The summed E-state index contributed by atoms with van der Waals surface area (Å²) in [5.74, 6) is -0.864. The average Bonchev–Trinajstić information content (AvgIpc) is 3.18. The first-order chi connectivity index (χ1) is 12.5. The largest absolute Gasteiger partial charge is 0.328 e. The van der Waals surface area contributed by atoms with Gasteiger partial charge in [0.05, 0.1) is 16.8 Å². The number of hydrogen-bond donors (Lipinski definition) is 2. The summed E-state index contributed by atoms with van der Waals surface area (Å²) in [5, 5.41) is 2.88. The molecule has 6 nitrogen and oxygen atoms in total. The zero-order valence-electron chi connectivity index (χ0n) is 14.6. The number of imide groups is 1. The number of fused-ring (bicyclic) bond motifs is 1. The summed E-state index contributed by atoms with van der Waals surface area (Å²) in [6.07, 6.45) is 2.32. The van der Waals surface area contributed by atoms with Gasteiger partial charge in [-0.2, -0.15) is 0 Å². The van der Waals surface area contributed by atoms with E-state index in [1.165, 1.54) is 0 Å². The first-order valence-corrected chi connectivity index (χ1v) is 8.69. The van der Waals surface area contributed by atoms with Crippen LogP contribution in [0.2, 0.25) is 0 Å². The first kappa shape index (κ1) is 19.1. The molecule has 27 heavy (non-hydrogen) atoms. The molecule has 1 fully saturated rings. The third-order valence-electron chi connectivity index (χ3n) is 5.01. The van der Waals surface area contributed by atoms with Crippen LogP contribution < -0.4 is 16.0 Å². The summed E-state index contributed by atoms with van der Waals surface area (Å²) in [7, 11) is 0. The Morgan fingerprint density at radius 3 is 2.26 bits per heavy atom. The lowest BCUT2D eigenvalue weighted by molar-refractivity contribution is -0.119. The number of rotatable bonds is 3. The molecule has 7 heteroatoms. The third-order valence-corrected chi connectivity index (χ3v) is 5.01. The first-order valence-electron chi connectivity index (χ1n) is 8.69. The fourth-order valence-electron chi connectivity index (χ4n) is 3.65. The van der Waals surface area contributed by atoms with Gasteiger partial charge in [0.25, 0.3) is 11.8 Å². The molecule has 3 N–H and O–H groups in total. The highest BCUT2D eigenvalue weighted by Gasteiger charge is 2.36. The van der Waals surface area contributed by atoms with Gasteiger partial charge in [-0.05, 0) is 49.6 Å². The summed E-state index contributed by atoms with van der Waals surface area (Å²) in [4.78, 5) is 38.7. The number of amides is 3. The molecule has 0 radical (unpaired) electrons. The second-order valence-electron chi connectivity index (χ2n) is 6.80. The molecule has 2 aliphatic rings. The van der Waals surface area contributed by atoms with Crippen molar-refractivity contribution in [1.82, 2.24) is 0 Å². The van der Waals surface area contributed by atoms with Crippen molar-refractivity contribution in [2.24, 2.45) is 11.7 Å². The van der Waals surface area contributed by atoms with Crippen LogP contribution >= 0.6 is 12.4 Å². The number of nitrogens with zero attached hydrogens (tertiary/aromatic N) is 1. The zero-order valence-corrected chi connectivity index (χ0v) is 15.4. The van der Waals surface area contributed by atoms with E-state index in [2.05, 4.69) is 5.32 Å². The van der Waals surface area contributed by atoms with Gasteiger partial charge >= 0.3 is 0 Å². The van der Waals surface area contributed by atoms with Crippen molar-refractivity contribution in [3.8, 4) is 0 Å². The van der Waals surface area contributed by atoms with Crippen LogP contribution in [-0.4, -0.2) is 23.8 Å². The van der Waals surface area contributed by atoms with Crippen molar-refractivity contribution in [3.05, 3.63) is 59.7 Å². The molecule has 3 amide bonds. The van der Waals surface area contributed by atoms with Gasteiger partial charge in [0.2, 0.25) is 5.91 Å². The molecule has 0 spiro atoms. The average molecular weight is 386 g/mol. The van der Waals surface area contributed by atoms with Crippen molar-refractivity contribution in [1.29, 1.82) is 0 Å². The van der Waals surface area contributed by atoms with Gasteiger partial charge in [-0.15, -0.1) is 12.4 Å². The lowest BCUT2D eigenvalue weighted by Crippen LogP contribution is -2.29. The van der Waals surface area contributed by atoms with Crippen LogP contribution in [0.25, 0.3) is 0 Å². The maximum atomic E-state index is 12.6. The maximum absolute atomic E-state index is 12.6. The summed E-state index contributed by atoms with van der Waals surface area (Å²) in [6, 6.07) is 13.6. The summed E-state index contributed by atoms with van der Waals surface area (Å²) >= 11 is 0. The molecular weight excluding hydrogens is 366 g/mol. The summed E-state index contributed by atoms with van der Waals surface area (Å²) in [5.41, 5.74) is 7.67. The SMILES string of the molecule is Cl.NC1CCC(C(=O)Nc2cccc(N3C(=O)c4ccccc4C3=O)c2)C1. The summed E-state index contributed by atoms with van der Waals surface area (Å²) in [6.45, 7) is 0. The molecule has 0 bridgehead atoms. The highest BCUT2D eigenvalue weighted by atomic mass is 35.5. The standard InChI is InChI=1S/C20H19N3O3.ClH/c21-13-9-8-12(10-13)18(24)22-14-4-3-5-15(11-14)23-19(25)16-6-1-2-7-17(16)20(23)26;/h1-7,11-13H,8-10,21H2,(H,22,24);1H. The monoisotopic (exact) mass is 385 g/mol. The van der Waals surface area contributed by atoms with Crippen LogP contribution in [0.5, 0.6) is 0 Å². The number of benzene rings is 2. The molecule has 1 aliphatic carbocycles. The zero-order chi connectivity index (χ0) is 18.3. The number of anilines is 2. The molecule has 2 aromatic carbocycles. The van der Waals surface area contributed by atoms with Crippen molar-refractivity contribution < 1.29 is 14.4 Å². The smallest absolute Gasteiger partial charge is 0.266 e. The van der Waals surface area contributed by atoms with E-state index in [0.29, 0.717) is 28.9 Å². The van der Waals surface area contributed by atoms with Crippen molar-refractivity contribution >= 4 is 41.5 Å². The number of halogens is 1. The Balaban J connectivity index is 0.00000210. The normalized spacial score (nSPS) is 21.0. The van der Waals surface area contributed by atoms with Crippen LogP contribution in [-0.2, 0) is 4.79 Å². The summed E-state index contributed by atoms with van der Waals surface area (Å²) < 4.78 is 0. The van der Waals surface area contributed by atoms with Gasteiger partial charge in [0, 0.05) is 17.6 Å². The van der Waals surface area contributed by atoms with Gasteiger partial charge in [0.15, 0.2) is 0 Å². The van der Waals surface area contributed by atoms with E-state index >= 15 is 0 Å². The highest BCUT2D eigenvalue weighted by molar-refractivity contribution is 6.34. The van der Waals surface area contributed by atoms with Gasteiger partial charge in [0.1, 0.15) is 0 Å². The minimum atomic E-state index is -0.351. The highest BCUT2D eigenvalue weighted by Crippen LogP contribution is 2.30. The fraction of sp³-hybridized carbons (Fsp3) is 0.250. The van der Waals surface area contributed by atoms with Crippen molar-refractivity contribution in [2.45, 2.75) is 25.3 Å².